The number of hydrogen-bond acceptors (Lipinski definition) is 19. The molecule has 22 nitrogen and oxygen atoms in total. The van der Waals surface area contributed by atoms with E-state index >= 15 is 0 Å². The zero-order chi connectivity index (χ0) is 46.4. The van der Waals surface area contributed by atoms with Crippen LogP contribution in [0.5, 0.6) is 11.5 Å². The van der Waals surface area contributed by atoms with E-state index in [-0.39, 0.29) is 57.3 Å². The Morgan fingerprint density at radius 2 is 1.22 bits per heavy atom. The second-order valence-electron chi connectivity index (χ2n) is 11.0. The smallest absolute Gasteiger partial charge is 0.415 e. The summed E-state index contributed by atoms with van der Waals surface area (Å²) in [6.45, 7) is 3.00. The normalized spacial score (nSPS) is 10.4. The highest BCUT2D eigenvalue weighted by molar-refractivity contribution is 7.98. The second kappa shape index (κ2) is 24.8. The molecule has 0 atom stereocenters. The van der Waals surface area contributed by atoms with E-state index in [0.29, 0.717) is 22.6 Å². The van der Waals surface area contributed by atoms with E-state index in [1.54, 1.807) is 68.6 Å². The second-order valence-corrected chi connectivity index (χ2v) is 14.5. The third-order valence-corrected chi connectivity index (χ3v) is 8.45. The predicted octanol–water partition coefficient (Wildman–Crippen LogP) is 6.95. The fourth-order valence-corrected chi connectivity index (χ4v) is 5.51. The molecule has 2 aromatic carbocycles. The van der Waals surface area contributed by atoms with E-state index in [2.05, 4.69) is 19.9 Å². The molecule has 0 unspecified atom stereocenters. The minimum atomic E-state index is -3.97. The lowest BCUT2D eigenvalue weighted by molar-refractivity contribution is -0.383. The van der Waals surface area contributed by atoms with Crippen LogP contribution in [0.4, 0.5) is 44.2 Å². The molecular weight excluding hydrogens is 875 g/mol. The Bertz CT molecular complexity index is 2240. The number of benzene rings is 2. The van der Waals surface area contributed by atoms with E-state index < -0.39 is 60.0 Å². The molecule has 0 aliphatic carbocycles. The number of alkyl halides is 2. The number of nitrogens with two attached hydrogens (primary N) is 2. The maximum absolute atomic E-state index is 12.5. The number of ether oxygens (including phenoxy) is 4. The van der Waals surface area contributed by atoms with Crippen molar-refractivity contribution in [2.24, 2.45) is 0 Å². The van der Waals surface area contributed by atoms with Crippen molar-refractivity contribution < 1.29 is 51.2 Å². The van der Waals surface area contributed by atoms with Gasteiger partial charge in [-0.25, -0.2) is 18.0 Å². The van der Waals surface area contributed by atoms with Crippen molar-refractivity contribution in [2.45, 2.75) is 44.7 Å². The van der Waals surface area contributed by atoms with Gasteiger partial charge in [0.05, 0.1) is 55.7 Å². The molecule has 60 heavy (non-hydrogen) atoms. The molecule has 0 fully saturated rings. The molecule has 26 heteroatoms. The molecule has 0 bridgehead atoms. The average Bonchev–Trinajstić information content (AvgIpc) is 3.22. The van der Waals surface area contributed by atoms with Crippen LogP contribution in [0.2, 0.25) is 0 Å². The Labute approximate surface area is 364 Å². The molecular formula is C34H48Cl2N10O12S2. The zero-order valence-electron chi connectivity index (χ0n) is 34.4. The summed E-state index contributed by atoms with van der Waals surface area (Å²) in [5.74, 6) is -0.769. The van der Waals surface area contributed by atoms with Gasteiger partial charge in [0.2, 0.25) is 33.1 Å². The van der Waals surface area contributed by atoms with Crippen LogP contribution >= 0.6 is 35.0 Å². The lowest BCUT2D eigenvalue weighted by atomic mass is 10.2. The summed E-state index contributed by atoms with van der Waals surface area (Å²) in [4.78, 5) is 63.7. The first kappa shape index (κ1) is 50.2. The number of rotatable bonds is 14. The van der Waals surface area contributed by atoms with Gasteiger partial charge < -0.3 is 30.4 Å². The number of halogens is 2. The van der Waals surface area contributed by atoms with Gasteiger partial charge in [0.15, 0.2) is 5.16 Å². The minimum Gasteiger partial charge on any atom is -0.497 e. The molecule has 0 aliphatic heterocycles. The van der Waals surface area contributed by atoms with Gasteiger partial charge in [0.25, 0.3) is 5.16 Å². The molecule has 2 aromatic heterocycles. The van der Waals surface area contributed by atoms with Gasteiger partial charge in [-0.2, -0.15) is 19.9 Å². The van der Waals surface area contributed by atoms with Crippen LogP contribution < -0.4 is 30.7 Å². The fraction of sp³-hybridized carbons (Fsp3) is 0.353. The first-order chi connectivity index (χ1) is 28.9. The minimum absolute atomic E-state index is 0. The summed E-state index contributed by atoms with van der Waals surface area (Å²) >= 11 is 10.7. The van der Waals surface area contributed by atoms with Crippen LogP contribution in [0.25, 0.3) is 0 Å². The molecule has 4 aromatic rings. The highest BCUT2D eigenvalue weighted by Crippen LogP contribution is 2.35. The maximum Gasteiger partial charge on any atom is 0.415 e. The quantitative estimate of drug-likeness (QED) is 0.0425. The Hall–Kier alpha value is -5.98. The van der Waals surface area contributed by atoms with Crippen molar-refractivity contribution in [3.63, 3.8) is 0 Å². The molecule has 4 N–H and O–H groups in total. The molecule has 0 spiro atoms. The molecule has 2 heterocycles. The SMILES string of the molecule is C.CCOC(=O)N(Cc1cccc(OC)c1)c1nc(S(C)(=O)=O)nc(N)c1[N+](=O)[O-].CCOC(=O)N(Cc1cccc(OC)c1)c1nc(SC)nc(N)c1[N+](=O)[O-].ClCCl.[2HH].[2H][2H]. The number of aromatic nitrogens is 4. The summed E-state index contributed by atoms with van der Waals surface area (Å²) in [7, 11) is -0.997. The summed E-state index contributed by atoms with van der Waals surface area (Å²) < 4.78 is 54.1. The van der Waals surface area contributed by atoms with Gasteiger partial charge in [-0.15, -0.1) is 23.2 Å². The van der Waals surface area contributed by atoms with Crippen LogP contribution in [0.15, 0.2) is 58.8 Å². The number of nitro groups is 2. The first-order valence-electron chi connectivity index (χ1n) is 17.5. The Morgan fingerprint density at radius 1 is 0.817 bits per heavy atom. The van der Waals surface area contributed by atoms with Crippen LogP contribution in [-0.4, -0.2) is 95.7 Å². The van der Waals surface area contributed by atoms with Crippen molar-refractivity contribution in [1.29, 1.82) is 0 Å². The number of nitrogen functional groups attached to an aromatic ring is 2. The van der Waals surface area contributed by atoms with Gasteiger partial charge in [-0.1, -0.05) is 43.5 Å². The number of amides is 2. The van der Waals surface area contributed by atoms with Crippen molar-refractivity contribution in [2.75, 3.05) is 66.6 Å². The Morgan fingerprint density at radius 3 is 1.57 bits per heavy atom. The molecule has 2 amide bonds. The van der Waals surface area contributed by atoms with Crippen molar-refractivity contribution in [1.82, 2.24) is 19.9 Å². The number of sulfone groups is 1. The van der Waals surface area contributed by atoms with Gasteiger partial charge in [-0.3, -0.25) is 30.0 Å². The lowest BCUT2D eigenvalue weighted by Gasteiger charge is -2.21. The van der Waals surface area contributed by atoms with Crippen LogP contribution in [0.3, 0.4) is 0 Å². The van der Waals surface area contributed by atoms with Crippen LogP contribution in [0, 0.1) is 20.2 Å². The lowest BCUT2D eigenvalue weighted by Crippen LogP contribution is -2.33. The summed E-state index contributed by atoms with van der Waals surface area (Å²) in [5.41, 5.74) is 11.2. The van der Waals surface area contributed by atoms with Gasteiger partial charge in [0.1, 0.15) is 11.5 Å². The number of carbonyl (C=O) groups excluding carboxylic acids is 2. The van der Waals surface area contributed by atoms with E-state index in [0.717, 1.165) is 27.8 Å². The Balaban J connectivity index is 0. The standard InChI is InChI=1S/C16H19N5O7S.C16H19N5O5S.CH2Cl2.CH4.2H2/c1-4-28-16(22)20(9-10-6-5-7-11(8-10)27-2)14-12(21(23)24)13(17)18-15(19-14)29(3,25)26;1-4-26-16(22)20(9-10-6-5-7-11(8-10)25-2)14-12(21(23)24)13(17)18-15(19-14)27-3;2-1-3;;;/h5-8H,4,9H2,1-3H3,(H2,17,18,19);5-8H,4,9H2,1-3H3,(H2,17,18,19);1H2;1H4;2*1H/i;;;;1+1D;1+1. The monoisotopic (exact) mass is 925 g/mol. The number of thioether (sulfide) groups is 1. The number of methoxy groups -OCH3 is 2. The molecule has 0 saturated carbocycles. The third-order valence-electron chi connectivity index (χ3n) is 7.06. The molecule has 0 saturated heterocycles. The number of nitrogens with zero attached hydrogens (tertiary/aromatic N) is 8. The number of anilines is 4. The first-order valence-corrected chi connectivity index (χ1v) is 20.7. The van der Waals surface area contributed by atoms with Gasteiger partial charge in [0, 0.05) is 10.7 Å². The van der Waals surface area contributed by atoms with Crippen LogP contribution in [0.1, 0.15) is 36.8 Å². The Kier molecular flexibility index (Phi) is 20.8. The predicted molar refractivity (Wildman–Crippen MR) is 231 cm³/mol. The van der Waals surface area contributed by atoms with E-state index in [1.165, 1.54) is 14.2 Å². The average molecular weight is 927 g/mol. The summed E-state index contributed by atoms with van der Waals surface area (Å²) in [5, 5.41) is 22.7. The highest BCUT2D eigenvalue weighted by Gasteiger charge is 2.34. The molecule has 0 radical (unpaired) electrons. The number of hydrogen-bond donors (Lipinski definition) is 2. The summed E-state index contributed by atoms with van der Waals surface area (Å²) in [6, 6.07) is 13.5. The third kappa shape index (κ3) is 14.7. The topological polar surface area (TPSA) is 302 Å². The highest BCUT2D eigenvalue weighted by atomic mass is 35.5. The maximum atomic E-state index is 12.5. The largest absolute Gasteiger partial charge is 0.497 e. The van der Waals surface area contributed by atoms with Crippen molar-refractivity contribution in [3.8, 4) is 11.5 Å². The van der Waals surface area contributed by atoms with E-state index in [4.69, 9.17) is 56.6 Å². The van der Waals surface area contributed by atoms with Crippen molar-refractivity contribution >= 4 is 91.6 Å². The van der Waals surface area contributed by atoms with E-state index in [1.807, 2.05) is 0 Å². The van der Waals surface area contributed by atoms with Gasteiger partial charge >= 0.3 is 23.6 Å². The van der Waals surface area contributed by atoms with Gasteiger partial charge in [-0.05, 0) is 55.5 Å². The number of carbonyl (C=O) groups is 2. The molecule has 0 aliphatic rings. The molecule has 4 rings (SSSR count). The fourth-order valence-electron chi connectivity index (χ4n) is 4.62. The van der Waals surface area contributed by atoms with Crippen LogP contribution in [-0.2, 0) is 32.4 Å². The summed E-state index contributed by atoms with van der Waals surface area (Å²) in [6.07, 6.45) is 0.750. The van der Waals surface area contributed by atoms with E-state index in [9.17, 15) is 38.2 Å². The molecule has 332 valence electrons. The zero-order valence-corrected chi connectivity index (χ0v) is 35.5. The van der Waals surface area contributed by atoms with Crippen molar-refractivity contribution in [3.05, 3.63) is 79.9 Å².